The summed E-state index contributed by atoms with van der Waals surface area (Å²) in [5, 5.41) is 3.11. The average molecular weight is 239 g/mol. The second kappa shape index (κ2) is 3.42. The third kappa shape index (κ3) is 1.86. The van der Waals surface area contributed by atoms with E-state index in [1.165, 1.54) is 5.56 Å². The van der Waals surface area contributed by atoms with Crippen molar-refractivity contribution in [2.75, 3.05) is 6.54 Å². The fourth-order valence-corrected chi connectivity index (χ4v) is 1.75. The van der Waals surface area contributed by atoms with E-state index in [1.54, 1.807) is 0 Å². The van der Waals surface area contributed by atoms with E-state index < -0.39 is 0 Å². The van der Waals surface area contributed by atoms with Crippen LogP contribution in [0.5, 0.6) is 0 Å². The first-order valence-corrected chi connectivity index (χ1v) is 5.01. The molecule has 0 unspecified atom stereocenters. The first kappa shape index (κ1) is 8.63. The van der Waals surface area contributed by atoms with Gasteiger partial charge >= 0.3 is 0 Å². The summed E-state index contributed by atoms with van der Waals surface area (Å²) >= 11 is 3.41. The van der Waals surface area contributed by atoms with Crippen LogP contribution in [0.3, 0.4) is 0 Å². The fraction of sp³-hybridized carbons (Fsp3) is 0.200. The predicted octanol–water partition coefficient (Wildman–Crippen LogP) is 1.94. The molecule has 3 heteroatoms. The zero-order chi connectivity index (χ0) is 9.26. The van der Waals surface area contributed by atoms with Crippen molar-refractivity contribution in [3.63, 3.8) is 0 Å². The van der Waals surface area contributed by atoms with E-state index >= 15 is 0 Å². The van der Waals surface area contributed by atoms with Gasteiger partial charge in [-0.1, -0.05) is 28.1 Å². The van der Waals surface area contributed by atoms with E-state index in [-0.39, 0.29) is 0 Å². The molecule has 1 aromatic rings. The number of hydrogen-bond acceptors (Lipinski definition) is 2. The second-order valence-corrected chi connectivity index (χ2v) is 4.08. The van der Waals surface area contributed by atoms with Crippen molar-refractivity contribution in [1.29, 1.82) is 0 Å². The van der Waals surface area contributed by atoms with Crippen LogP contribution in [0.15, 0.2) is 40.6 Å². The molecule has 0 aromatic heterocycles. The molecule has 2 nitrogen and oxygen atoms in total. The first-order chi connectivity index (χ1) is 6.25. The van der Waals surface area contributed by atoms with Crippen LogP contribution in [0, 0.1) is 0 Å². The Bertz CT molecular complexity index is 329. The number of nitrogens with one attached hydrogen (secondary N) is 1. The Labute approximate surface area is 86.0 Å². The van der Waals surface area contributed by atoms with Gasteiger partial charge in [-0.05, 0) is 23.8 Å². The monoisotopic (exact) mass is 238 g/mol. The van der Waals surface area contributed by atoms with Crippen LogP contribution >= 0.6 is 15.9 Å². The van der Waals surface area contributed by atoms with E-state index in [4.69, 9.17) is 5.73 Å². The molecule has 13 heavy (non-hydrogen) atoms. The largest absolute Gasteiger partial charge is 0.386 e. The SMILES string of the molecule is NC1=C[C@@H](c2ccc(Br)cc2)CN1. The van der Waals surface area contributed by atoms with Gasteiger partial charge in [0.15, 0.2) is 0 Å². The summed E-state index contributed by atoms with van der Waals surface area (Å²) in [5.41, 5.74) is 6.94. The third-order valence-corrected chi connectivity index (χ3v) is 2.73. The van der Waals surface area contributed by atoms with Crippen molar-refractivity contribution >= 4 is 15.9 Å². The highest BCUT2D eigenvalue weighted by atomic mass is 79.9. The summed E-state index contributed by atoms with van der Waals surface area (Å²) < 4.78 is 1.11. The third-order valence-electron chi connectivity index (χ3n) is 2.20. The number of rotatable bonds is 1. The number of benzene rings is 1. The van der Waals surface area contributed by atoms with Gasteiger partial charge in [0, 0.05) is 16.9 Å². The molecule has 1 atom stereocenters. The van der Waals surface area contributed by atoms with Gasteiger partial charge in [-0.25, -0.2) is 0 Å². The molecular formula is C10H11BrN2. The van der Waals surface area contributed by atoms with Gasteiger partial charge in [0.1, 0.15) is 0 Å². The summed E-state index contributed by atoms with van der Waals surface area (Å²) in [6, 6.07) is 8.34. The van der Waals surface area contributed by atoms with E-state index in [9.17, 15) is 0 Å². The summed E-state index contributed by atoms with van der Waals surface area (Å²) in [6.07, 6.45) is 2.06. The van der Waals surface area contributed by atoms with Gasteiger partial charge in [0.25, 0.3) is 0 Å². The molecule has 0 fully saturated rings. The molecule has 1 aliphatic rings. The van der Waals surface area contributed by atoms with Gasteiger partial charge in [0.2, 0.25) is 0 Å². The summed E-state index contributed by atoms with van der Waals surface area (Å²) in [6.45, 7) is 0.910. The minimum Gasteiger partial charge on any atom is -0.386 e. The molecule has 1 aromatic carbocycles. The summed E-state index contributed by atoms with van der Waals surface area (Å²) in [4.78, 5) is 0. The smallest absolute Gasteiger partial charge is 0.0926 e. The van der Waals surface area contributed by atoms with Crippen LogP contribution in [0.25, 0.3) is 0 Å². The van der Waals surface area contributed by atoms with Crippen molar-refractivity contribution < 1.29 is 0 Å². The molecule has 3 N–H and O–H groups in total. The lowest BCUT2D eigenvalue weighted by atomic mass is 10.0. The highest BCUT2D eigenvalue weighted by Gasteiger charge is 2.14. The standard InChI is InChI=1S/C10H11BrN2/c11-9-3-1-7(2-4-9)8-5-10(12)13-6-8/h1-5,8,13H,6,12H2/t8-/m1/s1. The van der Waals surface area contributed by atoms with E-state index in [0.717, 1.165) is 16.8 Å². The molecule has 0 amide bonds. The summed E-state index contributed by atoms with van der Waals surface area (Å²) in [7, 11) is 0. The molecule has 0 saturated heterocycles. The van der Waals surface area contributed by atoms with Gasteiger partial charge < -0.3 is 11.1 Å². The first-order valence-electron chi connectivity index (χ1n) is 4.22. The molecule has 0 spiro atoms. The number of hydrogen-bond donors (Lipinski definition) is 2. The van der Waals surface area contributed by atoms with E-state index in [0.29, 0.717) is 5.92 Å². The van der Waals surface area contributed by atoms with Crippen LogP contribution in [0.2, 0.25) is 0 Å². The molecule has 0 saturated carbocycles. The van der Waals surface area contributed by atoms with Gasteiger partial charge in [-0.3, -0.25) is 0 Å². The maximum absolute atomic E-state index is 5.63. The lowest BCUT2D eigenvalue weighted by Gasteiger charge is -2.06. The van der Waals surface area contributed by atoms with Gasteiger partial charge in [-0.15, -0.1) is 0 Å². The lowest BCUT2D eigenvalue weighted by molar-refractivity contribution is 0.791. The molecule has 1 aliphatic heterocycles. The lowest BCUT2D eigenvalue weighted by Crippen LogP contribution is -2.15. The predicted molar refractivity (Wildman–Crippen MR) is 57.2 cm³/mol. The molecule has 0 bridgehead atoms. The maximum atomic E-state index is 5.63. The van der Waals surface area contributed by atoms with E-state index in [2.05, 4.69) is 51.6 Å². The van der Waals surface area contributed by atoms with Crippen molar-refractivity contribution in [3.8, 4) is 0 Å². The number of halogens is 1. The second-order valence-electron chi connectivity index (χ2n) is 3.16. The van der Waals surface area contributed by atoms with Crippen LogP contribution in [-0.2, 0) is 0 Å². The van der Waals surface area contributed by atoms with Crippen LogP contribution < -0.4 is 11.1 Å². The Morgan fingerprint density at radius 2 is 2.00 bits per heavy atom. The Kier molecular flexibility index (Phi) is 2.27. The normalized spacial score (nSPS) is 21.0. The molecule has 68 valence electrons. The molecule has 0 radical (unpaired) electrons. The topological polar surface area (TPSA) is 38.0 Å². The minimum atomic E-state index is 0.424. The zero-order valence-corrected chi connectivity index (χ0v) is 8.71. The fourth-order valence-electron chi connectivity index (χ4n) is 1.49. The van der Waals surface area contributed by atoms with Crippen LogP contribution in [-0.4, -0.2) is 6.54 Å². The molecular weight excluding hydrogens is 228 g/mol. The summed E-state index contributed by atoms with van der Waals surface area (Å²) in [5.74, 6) is 1.21. The van der Waals surface area contributed by atoms with Crippen molar-refractivity contribution in [3.05, 3.63) is 46.2 Å². The van der Waals surface area contributed by atoms with Crippen molar-refractivity contribution in [2.45, 2.75) is 5.92 Å². The Morgan fingerprint density at radius 3 is 2.54 bits per heavy atom. The quantitative estimate of drug-likeness (QED) is 0.785. The van der Waals surface area contributed by atoms with Crippen molar-refractivity contribution in [1.82, 2.24) is 5.32 Å². The van der Waals surface area contributed by atoms with E-state index in [1.807, 2.05) is 0 Å². The number of nitrogens with two attached hydrogens (primary N) is 1. The van der Waals surface area contributed by atoms with Crippen LogP contribution in [0.1, 0.15) is 11.5 Å². The minimum absolute atomic E-state index is 0.424. The highest BCUT2D eigenvalue weighted by molar-refractivity contribution is 9.10. The highest BCUT2D eigenvalue weighted by Crippen LogP contribution is 2.22. The average Bonchev–Trinajstić information content (AvgIpc) is 2.53. The van der Waals surface area contributed by atoms with Gasteiger partial charge in [0.05, 0.1) is 5.82 Å². The van der Waals surface area contributed by atoms with Crippen LogP contribution in [0.4, 0.5) is 0 Å². The molecule has 2 rings (SSSR count). The van der Waals surface area contributed by atoms with Gasteiger partial charge in [-0.2, -0.15) is 0 Å². The Morgan fingerprint density at radius 1 is 1.31 bits per heavy atom. The molecule has 1 heterocycles. The zero-order valence-electron chi connectivity index (χ0n) is 7.13. The Hall–Kier alpha value is -0.960. The Balaban J connectivity index is 2.22. The molecule has 0 aliphatic carbocycles. The van der Waals surface area contributed by atoms with Crippen molar-refractivity contribution in [2.24, 2.45) is 5.73 Å². The maximum Gasteiger partial charge on any atom is 0.0926 e.